The van der Waals surface area contributed by atoms with Crippen LogP contribution in [-0.2, 0) is 19.1 Å². The summed E-state index contributed by atoms with van der Waals surface area (Å²) in [5.41, 5.74) is 0. The van der Waals surface area contributed by atoms with Crippen molar-refractivity contribution in [3.63, 3.8) is 0 Å². The zero-order valence-corrected chi connectivity index (χ0v) is 10.9. The molecule has 1 atom stereocenters. The molecule has 0 heterocycles. The second kappa shape index (κ2) is 9.44. The molecule has 0 aromatic rings. The highest BCUT2D eigenvalue weighted by atomic mass is 16.5. The van der Waals surface area contributed by atoms with Gasteiger partial charge < -0.3 is 15.2 Å². The van der Waals surface area contributed by atoms with E-state index in [2.05, 4.69) is 10.1 Å². The van der Waals surface area contributed by atoms with Crippen molar-refractivity contribution in [3.8, 4) is 0 Å². The number of hydrogen-bond acceptors (Lipinski definition) is 4. The van der Waals surface area contributed by atoms with Gasteiger partial charge in [0.1, 0.15) is 6.04 Å². The topological polar surface area (TPSA) is 92.7 Å². The zero-order valence-electron chi connectivity index (χ0n) is 10.9. The summed E-state index contributed by atoms with van der Waals surface area (Å²) in [5, 5.41) is 11.3. The minimum atomic E-state index is -1.14. The van der Waals surface area contributed by atoms with Crippen molar-refractivity contribution in [2.24, 2.45) is 0 Å². The molecule has 6 heteroatoms. The van der Waals surface area contributed by atoms with Crippen molar-refractivity contribution in [1.82, 2.24) is 5.32 Å². The first-order valence-electron chi connectivity index (χ1n) is 6.10. The average Bonchev–Trinajstić information content (AvgIpc) is 2.33. The number of nitrogens with one attached hydrogen (secondary N) is 1. The summed E-state index contributed by atoms with van der Waals surface area (Å²) < 4.78 is 4.42. The highest BCUT2D eigenvalue weighted by molar-refractivity contribution is 5.83. The van der Waals surface area contributed by atoms with Crippen LogP contribution in [0.25, 0.3) is 0 Å². The lowest BCUT2D eigenvalue weighted by atomic mass is 10.1. The maximum absolute atomic E-state index is 11.5. The number of carboxylic acid groups (broad SMARTS) is 1. The molecule has 104 valence electrons. The van der Waals surface area contributed by atoms with Gasteiger partial charge >= 0.3 is 11.9 Å². The van der Waals surface area contributed by atoms with Gasteiger partial charge in [-0.25, -0.2) is 4.79 Å². The zero-order chi connectivity index (χ0) is 14.0. The van der Waals surface area contributed by atoms with Gasteiger partial charge in [-0.2, -0.15) is 0 Å². The Morgan fingerprint density at radius 3 is 2.39 bits per heavy atom. The van der Waals surface area contributed by atoms with Crippen LogP contribution in [0.2, 0.25) is 0 Å². The number of aliphatic carboxylic acids is 1. The Morgan fingerprint density at radius 1 is 1.22 bits per heavy atom. The van der Waals surface area contributed by atoms with Crippen LogP contribution in [0.3, 0.4) is 0 Å². The third-order valence-electron chi connectivity index (χ3n) is 2.51. The Balaban J connectivity index is 4.06. The van der Waals surface area contributed by atoms with Crippen molar-refractivity contribution in [2.45, 2.75) is 51.5 Å². The SMILES string of the molecule is CCCCCC(=O)NC(CCC(=O)OC)C(=O)O. The fraction of sp³-hybridized carbons (Fsp3) is 0.750. The second-order valence-corrected chi connectivity index (χ2v) is 4.03. The molecule has 0 spiro atoms. The Kier molecular flexibility index (Phi) is 8.61. The van der Waals surface area contributed by atoms with Crippen LogP contribution in [0.4, 0.5) is 0 Å². The number of ether oxygens (including phenoxy) is 1. The van der Waals surface area contributed by atoms with Crippen LogP contribution in [-0.4, -0.2) is 36.1 Å². The van der Waals surface area contributed by atoms with Crippen LogP contribution >= 0.6 is 0 Å². The van der Waals surface area contributed by atoms with Crippen LogP contribution in [0.15, 0.2) is 0 Å². The third-order valence-corrected chi connectivity index (χ3v) is 2.51. The summed E-state index contributed by atoms with van der Waals surface area (Å²) in [7, 11) is 1.24. The summed E-state index contributed by atoms with van der Waals surface area (Å²) in [4.78, 5) is 33.3. The van der Waals surface area contributed by atoms with Crippen LogP contribution in [0.5, 0.6) is 0 Å². The fourth-order valence-corrected chi connectivity index (χ4v) is 1.42. The van der Waals surface area contributed by atoms with E-state index in [0.717, 1.165) is 19.3 Å². The first-order valence-corrected chi connectivity index (χ1v) is 6.10. The molecule has 0 aromatic carbocycles. The summed E-state index contributed by atoms with van der Waals surface area (Å²) in [6.45, 7) is 2.02. The van der Waals surface area contributed by atoms with E-state index in [9.17, 15) is 14.4 Å². The number of carbonyl (C=O) groups is 3. The number of methoxy groups -OCH3 is 1. The minimum absolute atomic E-state index is 0.0251. The molecule has 2 N–H and O–H groups in total. The van der Waals surface area contributed by atoms with Gasteiger partial charge in [0.25, 0.3) is 0 Å². The summed E-state index contributed by atoms with van der Waals surface area (Å²) in [6, 6.07) is -1.03. The predicted molar refractivity (Wildman–Crippen MR) is 65.0 cm³/mol. The van der Waals surface area contributed by atoms with Gasteiger partial charge in [-0.1, -0.05) is 19.8 Å². The standard InChI is InChI=1S/C12H21NO5/c1-3-4-5-6-10(14)13-9(12(16)17)7-8-11(15)18-2/h9H,3-8H2,1-2H3,(H,13,14)(H,16,17). The fourth-order valence-electron chi connectivity index (χ4n) is 1.42. The quantitative estimate of drug-likeness (QED) is 0.477. The molecule has 0 aromatic heterocycles. The number of hydrogen-bond donors (Lipinski definition) is 2. The van der Waals surface area contributed by atoms with Crippen molar-refractivity contribution in [3.05, 3.63) is 0 Å². The van der Waals surface area contributed by atoms with Crippen molar-refractivity contribution >= 4 is 17.8 Å². The average molecular weight is 259 g/mol. The van der Waals surface area contributed by atoms with Gasteiger partial charge in [0, 0.05) is 12.8 Å². The van der Waals surface area contributed by atoms with Gasteiger partial charge in [0.2, 0.25) is 5.91 Å². The summed E-state index contributed by atoms with van der Waals surface area (Å²) in [5.74, 6) is -1.91. The van der Waals surface area contributed by atoms with Crippen molar-refractivity contribution in [2.75, 3.05) is 7.11 Å². The molecule has 0 aliphatic carbocycles. The second-order valence-electron chi connectivity index (χ2n) is 4.03. The Labute approximate surface area is 107 Å². The van der Waals surface area contributed by atoms with Crippen molar-refractivity contribution < 1.29 is 24.2 Å². The van der Waals surface area contributed by atoms with E-state index in [0.29, 0.717) is 6.42 Å². The highest BCUT2D eigenvalue weighted by Crippen LogP contribution is 2.03. The molecule has 0 aliphatic heterocycles. The lowest BCUT2D eigenvalue weighted by Crippen LogP contribution is -2.41. The lowest BCUT2D eigenvalue weighted by molar-refractivity contribution is -0.144. The number of carboxylic acids is 1. The molecule has 1 unspecified atom stereocenters. The van der Waals surface area contributed by atoms with E-state index in [1.165, 1.54) is 7.11 Å². The van der Waals surface area contributed by atoms with Gasteiger partial charge in [0.05, 0.1) is 7.11 Å². The van der Waals surface area contributed by atoms with Crippen LogP contribution in [0.1, 0.15) is 45.4 Å². The first kappa shape index (κ1) is 16.4. The van der Waals surface area contributed by atoms with E-state index < -0.39 is 18.0 Å². The van der Waals surface area contributed by atoms with E-state index in [4.69, 9.17) is 5.11 Å². The highest BCUT2D eigenvalue weighted by Gasteiger charge is 2.20. The first-order chi connectivity index (χ1) is 8.51. The number of esters is 1. The molecule has 0 saturated heterocycles. The van der Waals surface area contributed by atoms with Gasteiger partial charge in [-0.3, -0.25) is 9.59 Å². The Morgan fingerprint density at radius 2 is 1.89 bits per heavy atom. The third kappa shape index (κ3) is 7.65. The Hall–Kier alpha value is -1.59. The minimum Gasteiger partial charge on any atom is -0.480 e. The number of amides is 1. The van der Waals surface area contributed by atoms with Gasteiger partial charge in [0.15, 0.2) is 0 Å². The summed E-state index contributed by atoms with van der Waals surface area (Å²) >= 11 is 0. The molecule has 18 heavy (non-hydrogen) atoms. The molecule has 1 amide bonds. The van der Waals surface area contributed by atoms with E-state index >= 15 is 0 Å². The van der Waals surface area contributed by atoms with Gasteiger partial charge in [-0.15, -0.1) is 0 Å². The summed E-state index contributed by atoms with van der Waals surface area (Å²) in [6.07, 6.45) is 3.01. The molecule has 0 bridgehead atoms. The molecule has 0 radical (unpaired) electrons. The van der Waals surface area contributed by atoms with E-state index in [1.54, 1.807) is 0 Å². The molecule has 0 fully saturated rings. The predicted octanol–water partition coefficient (Wildman–Crippen LogP) is 1.09. The molecule has 6 nitrogen and oxygen atoms in total. The smallest absolute Gasteiger partial charge is 0.326 e. The monoisotopic (exact) mass is 259 g/mol. The van der Waals surface area contributed by atoms with E-state index in [-0.39, 0.29) is 18.7 Å². The number of rotatable bonds is 9. The normalized spacial score (nSPS) is 11.7. The van der Waals surface area contributed by atoms with Crippen LogP contribution in [0, 0.1) is 0 Å². The largest absolute Gasteiger partial charge is 0.480 e. The maximum atomic E-state index is 11.5. The van der Waals surface area contributed by atoms with Gasteiger partial charge in [-0.05, 0) is 12.8 Å². The molecular formula is C12H21NO5. The molecular weight excluding hydrogens is 238 g/mol. The molecule has 0 saturated carbocycles. The maximum Gasteiger partial charge on any atom is 0.326 e. The number of carbonyl (C=O) groups excluding carboxylic acids is 2. The lowest BCUT2D eigenvalue weighted by Gasteiger charge is -2.13. The Bertz CT molecular complexity index is 290. The van der Waals surface area contributed by atoms with Crippen LogP contribution < -0.4 is 5.32 Å². The number of unbranched alkanes of at least 4 members (excludes halogenated alkanes) is 2. The van der Waals surface area contributed by atoms with Crippen molar-refractivity contribution in [1.29, 1.82) is 0 Å². The van der Waals surface area contributed by atoms with E-state index in [1.807, 2.05) is 6.92 Å². The molecule has 0 rings (SSSR count). The molecule has 0 aliphatic rings.